The Morgan fingerprint density at radius 3 is 2.32 bits per heavy atom. The van der Waals surface area contributed by atoms with Gasteiger partial charge in [0, 0.05) is 5.56 Å². The molecule has 0 fully saturated rings. The number of Topliss-reactive ketones (excluding diaryl/α,β-unsaturated/α-hetero) is 1. The standard InChI is InChI=1S/C19H24O3/c1-13(2)7-5-8-14(3)11-12-16-9-6-10-17(19(21)22)18(16)15(4)20/h6-7,9-11H,5,8,12H2,1-4H3,(H,21,22). The van der Waals surface area contributed by atoms with Crippen molar-refractivity contribution < 1.29 is 14.7 Å². The molecule has 0 aliphatic rings. The van der Waals surface area contributed by atoms with Gasteiger partial charge in [-0.3, -0.25) is 4.79 Å². The van der Waals surface area contributed by atoms with Gasteiger partial charge in [-0.2, -0.15) is 0 Å². The summed E-state index contributed by atoms with van der Waals surface area (Å²) < 4.78 is 0. The Hall–Kier alpha value is -2.16. The van der Waals surface area contributed by atoms with Crippen molar-refractivity contribution in [2.45, 2.75) is 47.0 Å². The SMILES string of the molecule is CC(=O)c1c(CC=C(C)CCC=C(C)C)cccc1C(=O)O. The zero-order valence-corrected chi connectivity index (χ0v) is 13.8. The van der Waals surface area contributed by atoms with Gasteiger partial charge in [0.05, 0.1) is 5.56 Å². The summed E-state index contributed by atoms with van der Waals surface area (Å²) in [5, 5.41) is 9.21. The normalized spacial score (nSPS) is 11.2. The highest BCUT2D eigenvalue weighted by Crippen LogP contribution is 2.18. The Morgan fingerprint density at radius 2 is 1.77 bits per heavy atom. The average molecular weight is 300 g/mol. The molecule has 0 aliphatic heterocycles. The van der Waals surface area contributed by atoms with Crippen molar-refractivity contribution in [2.75, 3.05) is 0 Å². The van der Waals surface area contributed by atoms with Gasteiger partial charge < -0.3 is 5.11 Å². The summed E-state index contributed by atoms with van der Waals surface area (Å²) in [5.74, 6) is -1.26. The molecule has 3 nitrogen and oxygen atoms in total. The second-order valence-electron chi connectivity index (χ2n) is 5.78. The third kappa shape index (κ3) is 5.32. The van der Waals surface area contributed by atoms with Gasteiger partial charge in [-0.1, -0.05) is 35.4 Å². The molecule has 1 N–H and O–H groups in total. The van der Waals surface area contributed by atoms with Crippen molar-refractivity contribution in [3.8, 4) is 0 Å². The maximum atomic E-state index is 11.8. The van der Waals surface area contributed by atoms with Crippen LogP contribution in [0.2, 0.25) is 0 Å². The average Bonchev–Trinajstić information content (AvgIpc) is 2.43. The molecule has 0 amide bonds. The number of carboxylic acid groups (broad SMARTS) is 1. The topological polar surface area (TPSA) is 54.4 Å². The zero-order chi connectivity index (χ0) is 16.7. The van der Waals surface area contributed by atoms with Gasteiger partial charge in [0.1, 0.15) is 0 Å². The number of hydrogen-bond acceptors (Lipinski definition) is 2. The molecule has 3 heteroatoms. The lowest BCUT2D eigenvalue weighted by atomic mass is 9.95. The molecule has 22 heavy (non-hydrogen) atoms. The highest BCUT2D eigenvalue weighted by molar-refractivity contribution is 6.05. The Bertz CT molecular complexity index is 618. The Morgan fingerprint density at radius 1 is 1.09 bits per heavy atom. The van der Waals surface area contributed by atoms with Crippen LogP contribution in [0.3, 0.4) is 0 Å². The van der Waals surface area contributed by atoms with E-state index in [0.717, 1.165) is 18.4 Å². The molecule has 1 rings (SSSR count). The van der Waals surface area contributed by atoms with E-state index in [1.165, 1.54) is 24.1 Å². The number of carbonyl (C=O) groups is 2. The van der Waals surface area contributed by atoms with Crippen molar-refractivity contribution in [1.29, 1.82) is 0 Å². The molecule has 0 unspecified atom stereocenters. The van der Waals surface area contributed by atoms with Gasteiger partial charge >= 0.3 is 5.97 Å². The fourth-order valence-corrected chi connectivity index (χ4v) is 2.34. The molecule has 118 valence electrons. The summed E-state index contributed by atoms with van der Waals surface area (Å²) in [6.07, 6.45) is 6.82. The quantitative estimate of drug-likeness (QED) is 0.580. The Labute approximate surface area is 132 Å². The summed E-state index contributed by atoms with van der Waals surface area (Å²) in [6, 6.07) is 4.99. The third-order valence-electron chi connectivity index (χ3n) is 3.49. The van der Waals surface area contributed by atoms with Gasteiger partial charge in [0.15, 0.2) is 5.78 Å². The number of hydrogen-bond donors (Lipinski definition) is 1. The van der Waals surface area contributed by atoms with E-state index in [1.807, 2.05) is 6.07 Å². The molecule has 0 heterocycles. The maximum absolute atomic E-state index is 11.8. The number of rotatable bonds is 7. The number of benzene rings is 1. The van der Waals surface area contributed by atoms with E-state index in [-0.39, 0.29) is 11.3 Å². The van der Waals surface area contributed by atoms with E-state index in [0.29, 0.717) is 12.0 Å². The molecule has 0 aliphatic carbocycles. The van der Waals surface area contributed by atoms with E-state index < -0.39 is 5.97 Å². The van der Waals surface area contributed by atoms with Crippen LogP contribution in [-0.2, 0) is 6.42 Å². The predicted molar refractivity (Wildman–Crippen MR) is 89.5 cm³/mol. The first-order valence-electron chi connectivity index (χ1n) is 7.48. The molecule has 0 aromatic heterocycles. The van der Waals surface area contributed by atoms with Gasteiger partial charge in [0.25, 0.3) is 0 Å². The van der Waals surface area contributed by atoms with Gasteiger partial charge in [-0.05, 0) is 58.6 Å². The van der Waals surface area contributed by atoms with Crippen LogP contribution in [0, 0.1) is 0 Å². The molecule has 0 radical (unpaired) electrons. The molecular formula is C19H24O3. The maximum Gasteiger partial charge on any atom is 0.336 e. The van der Waals surface area contributed by atoms with E-state index in [9.17, 15) is 14.7 Å². The molecule has 0 spiro atoms. The zero-order valence-electron chi connectivity index (χ0n) is 13.8. The summed E-state index contributed by atoms with van der Waals surface area (Å²) in [5.41, 5.74) is 3.73. The fraction of sp³-hybridized carbons (Fsp3) is 0.368. The minimum absolute atomic E-state index is 0.0839. The third-order valence-corrected chi connectivity index (χ3v) is 3.49. The van der Waals surface area contributed by atoms with Crippen LogP contribution in [0.25, 0.3) is 0 Å². The van der Waals surface area contributed by atoms with Crippen molar-refractivity contribution in [2.24, 2.45) is 0 Å². The Kier molecular flexibility index (Phi) is 6.77. The minimum atomic E-state index is -1.06. The van der Waals surface area contributed by atoms with Gasteiger partial charge in [-0.15, -0.1) is 0 Å². The highest BCUT2D eigenvalue weighted by atomic mass is 16.4. The monoisotopic (exact) mass is 300 g/mol. The van der Waals surface area contributed by atoms with Crippen LogP contribution >= 0.6 is 0 Å². The summed E-state index contributed by atoms with van der Waals surface area (Å²) in [7, 11) is 0. The van der Waals surface area contributed by atoms with Crippen LogP contribution in [0.5, 0.6) is 0 Å². The van der Waals surface area contributed by atoms with Crippen molar-refractivity contribution in [1.82, 2.24) is 0 Å². The molecule has 0 saturated carbocycles. The number of ketones is 1. The lowest BCUT2D eigenvalue weighted by Gasteiger charge is -2.09. The van der Waals surface area contributed by atoms with E-state index in [2.05, 4.69) is 32.9 Å². The van der Waals surface area contributed by atoms with Crippen molar-refractivity contribution in [3.63, 3.8) is 0 Å². The van der Waals surface area contributed by atoms with Crippen molar-refractivity contribution in [3.05, 3.63) is 58.2 Å². The summed E-state index contributed by atoms with van der Waals surface area (Å²) in [6.45, 7) is 7.63. The molecule has 1 aromatic carbocycles. The molecule has 0 bridgehead atoms. The van der Waals surface area contributed by atoms with Crippen LogP contribution < -0.4 is 0 Å². The first-order chi connectivity index (χ1) is 10.3. The van der Waals surface area contributed by atoms with Crippen LogP contribution in [0.4, 0.5) is 0 Å². The lowest BCUT2D eigenvalue weighted by molar-refractivity contribution is 0.0692. The van der Waals surface area contributed by atoms with Crippen molar-refractivity contribution >= 4 is 11.8 Å². The fourth-order valence-electron chi connectivity index (χ4n) is 2.34. The largest absolute Gasteiger partial charge is 0.478 e. The van der Waals surface area contributed by atoms with Crippen LogP contribution in [0.15, 0.2) is 41.5 Å². The van der Waals surface area contributed by atoms with Crippen LogP contribution in [0.1, 0.15) is 66.8 Å². The van der Waals surface area contributed by atoms with Crippen LogP contribution in [-0.4, -0.2) is 16.9 Å². The van der Waals surface area contributed by atoms with E-state index >= 15 is 0 Å². The number of carboxylic acids is 1. The number of aromatic carboxylic acids is 1. The summed E-state index contributed by atoms with van der Waals surface area (Å²) in [4.78, 5) is 23.0. The smallest absolute Gasteiger partial charge is 0.336 e. The molecule has 0 saturated heterocycles. The minimum Gasteiger partial charge on any atom is -0.478 e. The molecule has 1 aromatic rings. The summed E-state index contributed by atoms with van der Waals surface area (Å²) >= 11 is 0. The Balaban J connectivity index is 2.94. The van der Waals surface area contributed by atoms with Gasteiger partial charge in [0.2, 0.25) is 0 Å². The number of carbonyl (C=O) groups excluding carboxylic acids is 1. The van der Waals surface area contributed by atoms with E-state index in [4.69, 9.17) is 0 Å². The first kappa shape index (κ1) is 17.9. The van der Waals surface area contributed by atoms with Gasteiger partial charge in [-0.25, -0.2) is 4.79 Å². The molecule has 0 atom stereocenters. The second kappa shape index (κ2) is 8.32. The lowest BCUT2D eigenvalue weighted by Crippen LogP contribution is -2.09. The predicted octanol–water partition coefficient (Wildman–Crippen LogP) is 4.82. The number of allylic oxidation sites excluding steroid dienone is 4. The molecular weight excluding hydrogens is 276 g/mol. The second-order valence-corrected chi connectivity index (χ2v) is 5.78. The van der Waals surface area contributed by atoms with E-state index in [1.54, 1.807) is 6.07 Å². The first-order valence-corrected chi connectivity index (χ1v) is 7.48. The highest BCUT2D eigenvalue weighted by Gasteiger charge is 2.16.